The van der Waals surface area contributed by atoms with Crippen LogP contribution in [0.2, 0.25) is 5.28 Å². The van der Waals surface area contributed by atoms with E-state index >= 15 is 0 Å². The number of rotatable bonds is 4. The predicted octanol–water partition coefficient (Wildman–Crippen LogP) is 3.09. The molecule has 0 amide bonds. The molecular formula is C13H20ClN5. The van der Waals surface area contributed by atoms with Gasteiger partial charge in [-0.3, -0.25) is 0 Å². The topological polar surface area (TPSA) is 87.7 Å². The lowest BCUT2D eigenvalue weighted by Gasteiger charge is -2.22. The Morgan fingerprint density at radius 2 is 2.05 bits per heavy atom. The number of aromatic nitrogens is 2. The van der Waals surface area contributed by atoms with Gasteiger partial charge in [0, 0.05) is 7.05 Å². The fourth-order valence-electron chi connectivity index (χ4n) is 2.64. The molecule has 0 aliphatic heterocycles. The first-order chi connectivity index (χ1) is 9.11. The molecule has 2 rings (SSSR count). The van der Waals surface area contributed by atoms with E-state index in [0.717, 1.165) is 6.42 Å². The summed E-state index contributed by atoms with van der Waals surface area (Å²) in [6.45, 7) is 0. The summed E-state index contributed by atoms with van der Waals surface area (Å²) in [7, 11) is 1.73. The summed E-state index contributed by atoms with van der Waals surface area (Å²) in [5, 5.41) is 11.2. The van der Waals surface area contributed by atoms with Gasteiger partial charge in [0.25, 0.3) is 0 Å². The van der Waals surface area contributed by atoms with E-state index < -0.39 is 0 Å². The minimum Gasteiger partial charge on any atom is -0.394 e. The number of nitrogens with one attached hydrogen (secondary N) is 2. The van der Waals surface area contributed by atoms with Crippen molar-refractivity contribution in [2.45, 2.75) is 38.5 Å². The van der Waals surface area contributed by atoms with Gasteiger partial charge >= 0.3 is 0 Å². The zero-order valence-corrected chi connectivity index (χ0v) is 11.9. The van der Waals surface area contributed by atoms with Crippen LogP contribution in [0.3, 0.4) is 0 Å². The van der Waals surface area contributed by atoms with E-state index in [1.54, 1.807) is 7.05 Å². The van der Waals surface area contributed by atoms with Gasteiger partial charge in [-0.2, -0.15) is 4.98 Å². The lowest BCUT2D eigenvalue weighted by atomic mass is 9.85. The first kappa shape index (κ1) is 14.1. The van der Waals surface area contributed by atoms with Crippen molar-refractivity contribution in [3.63, 3.8) is 0 Å². The standard InChI is InChI=1S/C13H20ClN5/c1-17-12-10(16)11(18-13(14)19-12)9(15)7-8-5-3-2-4-6-8/h8,15H,2-7,16H2,1H3,(H,17,18,19). The molecule has 0 aromatic carbocycles. The Morgan fingerprint density at radius 1 is 1.37 bits per heavy atom. The molecule has 0 radical (unpaired) electrons. The second-order valence-corrected chi connectivity index (χ2v) is 5.38. The maximum Gasteiger partial charge on any atom is 0.225 e. The normalized spacial score (nSPS) is 16.3. The lowest BCUT2D eigenvalue weighted by molar-refractivity contribution is 0.368. The Bertz CT molecular complexity index is 468. The fourth-order valence-corrected chi connectivity index (χ4v) is 2.81. The molecule has 0 saturated heterocycles. The highest BCUT2D eigenvalue weighted by Crippen LogP contribution is 2.29. The van der Waals surface area contributed by atoms with E-state index in [2.05, 4.69) is 15.3 Å². The number of halogens is 1. The van der Waals surface area contributed by atoms with Crippen LogP contribution < -0.4 is 11.1 Å². The number of nitrogen functional groups attached to an aromatic ring is 1. The summed E-state index contributed by atoms with van der Waals surface area (Å²) >= 11 is 5.87. The Balaban J connectivity index is 2.16. The fraction of sp³-hybridized carbons (Fsp3) is 0.615. The molecular weight excluding hydrogens is 262 g/mol. The van der Waals surface area contributed by atoms with Crippen LogP contribution in [0.4, 0.5) is 11.5 Å². The number of nitrogens with zero attached hydrogens (tertiary/aromatic N) is 2. The Labute approximate surface area is 118 Å². The first-order valence-corrected chi connectivity index (χ1v) is 7.08. The second kappa shape index (κ2) is 6.19. The van der Waals surface area contributed by atoms with Crippen molar-refractivity contribution in [2.24, 2.45) is 5.92 Å². The zero-order chi connectivity index (χ0) is 13.8. The second-order valence-electron chi connectivity index (χ2n) is 5.04. The molecule has 5 nitrogen and oxygen atoms in total. The zero-order valence-electron chi connectivity index (χ0n) is 11.2. The van der Waals surface area contributed by atoms with Gasteiger partial charge in [-0.1, -0.05) is 32.1 Å². The van der Waals surface area contributed by atoms with Gasteiger partial charge in [-0.05, 0) is 23.9 Å². The van der Waals surface area contributed by atoms with Gasteiger partial charge in [0.05, 0.1) is 5.71 Å². The minimum absolute atomic E-state index is 0.127. The van der Waals surface area contributed by atoms with E-state index in [9.17, 15) is 0 Å². The Hall–Kier alpha value is -1.36. The van der Waals surface area contributed by atoms with Gasteiger partial charge in [0.15, 0.2) is 5.82 Å². The van der Waals surface area contributed by atoms with Crippen LogP contribution in [0.1, 0.15) is 44.2 Å². The first-order valence-electron chi connectivity index (χ1n) is 6.70. The molecule has 0 spiro atoms. The van der Waals surface area contributed by atoms with E-state index in [0.29, 0.717) is 28.8 Å². The highest BCUT2D eigenvalue weighted by Gasteiger charge is 2.20. The number of nitrogens with two attached hydrogens (primary N) is 1. The Kier molecular flexibility index (Phi) is 4.58. The summed E-state index contributed by atoms with van der Waals surface area (Å²) in [6, 6.07) is 0. The molecule has 1 fully saturated rings. The summed E-state index contributed by atoms with van der Waals surface area (Å²) in [6.07, 6.45) is 6.95. The van der Waals surface area contributed by atoms with Crippen LogP contribution in [-0.4, -0.2) is 22.7 Å². The lowest BCUT2D eigenvalue weighted by Crippen LogP contribution is -2.16. The monoisotopic (exact) mass is 281 g/mol. The molecule has 1 aliphatic carbocycles. The van der Waals surface area contributed by atoms with Crippen molar-refractivity contribution in [1.29, 1.82) is 5.41 Å². The van der Waals surface area contributed by atoms with Crippen LogP contribution in [-0.2, 0) is 0 Å². The van der Waals surface area contributed by atoms with Crippen LogP contribution in [0.25, 0.3) is 0 Å². The molecule has 4 N–H and O–H groups in total. The molecule has 104 valence electrons. The van der Waals surface area contributed by atoms with Crippen LogP contribution in [0, 0.1) is 11.3 Å². The van der Waals surface area contributed by atoms with Crippen molar-refractivity contribution >= 4 is 28.8 Å². The van der Waals surface area contributed by atoms with Crippen LogP contribution in [0.5, 0.6) is 0 Å². The summed E-state index contributed by atoms with van der Waals surface area (Å²) < 4.78 is 0. The van der Waals surface area contributed by atoms with E-state index in [1.807, 2.05) is 0 Å². The molecule has 6 heteroatoms. The smallest absolute Gasteiger partial charge is 0.225 e. The number of anilines is 2. The van der Waals surface area contributed by atoms with E-state index in [4.69, 9.17) is 22.7 Å². The largest absolute Gasteiger partial charge is 0.394 e. The molecule has 0 bridgehead atoms. The van der Waals surface area contributed by atoms with Crippen LogP contribution >= 0.6 is 11.6 Å². The third kappa shape index (κ3) is 3.35. The molecule has 1 aromatic rings. The van der Waals surface area contributed by atoms with Gasteiger partial charge in [-0.25, -0.2) is 4.98 Å². The quantitative estimate of drug-likeness (QED) is 0.584. The van der Waals surface area contributed by atoms with Crippen LogP contribution in [0.15, 0.2) is 0 Å². The highest BCUT2D eigenvalue weighted by atomic mass is 35.5. The van der Waals surface area contributed by atoms with Gasteiger partial charge in [-0.15, -0.1) is 0 Å². The summed E-state index contributed by atoms with van der Waals surface area (Å²) in [5.74, 6) is 1.07. The predicted molar refractivity (Wildman–Crippen MR) is 79.0 cm³/mol. The highest BCUT2D eigenvalue weighted by molar-refractivity contribution is 6.28. The molecule has 0 unspecified atom stereocenters. The van der Waals surface area contributed by atoms with Crippen molar-refractivity contribution in [1.82, 2.24) is 9.97 Å². The summed E-state index contributed by atoms with van der Waals surface area (Å²) in [5.41, 5.74) is 7.32. The van der Waals surface area contributed by atoms with Gasteiger partial charge in [0.2, 0.25) is 5.28 Å². The van der Waals surface area contributed by atoms with Gasteiger partial charge in [0.1, 0.15) is 11.4 Å². The number of hydrogen-bond donors (Lipinski definition) is 3. The average Bonchev–Trinajstić information content (AvgIpc) is 2.42. The number of hydrogen-bond acceptors (Lipinski definition) is 5. The van der Waals surface area contributed by atoms with E-state index in [1.165, 1.54) is 32.1 Å². The molecule has 1 aromatic heterocycles. The average molecular weight is 282 g/mol. The third-order valence-corrected chi connectivity index (χ3v) is 3.83. The molecule has 1 aliphatic rings. The summed E-state index contributed by atoms with van der Waals surface area (Å²) in [4.78, 5) is 8.11. The third-order valence-electron chi connectivity index (χ3n) is 3.66. The molecule has 1 saturated carbocycles. The molecule has 19 heavy (non-hydrogen) atoms. The van der Waals surface area contributed by atoms with E-state index in [-0.39, 0.29) is 5.28 Å². The van der Waals surface area contributed by atoms with Gasteiger partial charge < -0.3 is 16.5 Å². The van der Waals surface area contributed by atoms with Crippen molar-refractivity contribution in [3.8, 4) is 0 Å². The molecule has 1 heterocycles. The minimum atomic E-state index is 0.127. The maximum atomic E-state index is 8.22. The van der Waals surface area contributed by atoms with Crippen molar-refractivity contribution < 1.29 is 0 Å². The van der Waals surface area contributed by atoms with Crippen molar-refractivity contribution in [2.75, 3.05) is 18.1 Å². The maximum absolute atomic E-state index is 8.22. The molecule has 0 atom stereocenters. The Morgan fingerprint density at radius 3 is 2.68 bits per heavy atom. The SMILES string of the molecule is CNc1nc(Cl)nc(C(=N)CC2CCCCC2)c1N. The van der Waals surface area contributed by atoms with Crippen molar-refractivity contribution in [3.05, 3.63) is 11.0 Å².